The molecule has 0 aromatic heterocycles. The van der Waals surface area contributed by atoms with E-state index in [1.807, 2.05) is 0 Å². The summed E-state index contributed by atoms with van der Waals surface area (Å²) in [5, 5.41) is 25.9. The van der Waals surface area contributed by atoms with Gasteiger partial charge in [-0.3, -0.25) is 9.59 Å². The van der Waals surface area contributed by atoms with E-state index >= 15 is 0 Å². The Morgan fingerprint density at radius 2 is 1.96 bits per heavy atom. The van der Waals surface area contributed by atoms with Crippen molar-refractivity contribution in [3.63, 3.8) is 0 Å². The van der Waals surface area contributed by atoms with E-state index in [0.717, 1.165) is 4.90 Å². The van der Waals surface area contributed by atoms with E-state index in [2.05, 4.69) is 5.28 Å². The van der Waals surface area contributed by atoms with Crippen LogP contribution in [0.5, 0.6) is 0 Å². The molecule has 9 heteroatoms. The number of hydrogen-bond donors (Lipinski definition) is 1. The van der Waals surface area contributed by atoms with E-state index in [4.69, 9.17) is 4.84 Å². The van der Waals surface area contributed by atoms with E-state index in [0.29, 0.717) is 30.5 Å². The molecule has 0 bridgehead atoms. The SMILES string of the molecule is O=C1c2ccccc2C(=O)N1CON=[N+]([O-])N1CCCC(O)C1. The number of β-amino-alcohol motifs (C(OH)–C–C–N with tert-alkyl or cyclic N) is 1. The molecule has 1 saturated heterocycles. The van der Waals surface area contributed by atoms with Gasteiger partial charge in [0.1, 0.15) is 6.54 Å². The minimum Gasteiger partial charge on any atom is -0.569 e. The Hall–Kier alpha value is -2.68. The highest BCUT2D eigenvalue weighted by atomic mass is 16.7. The standard InChI is InChI=1S/C14H16N4O5/c19-10-4-3-7-16(8-10)18(22)15-23-9-17-13(20)11-5-1-2-6-12(11)14(17)21/h1-2,5-6,10,19H,3-4,7-9H2. The van der Waals surface area contributed by atoms with Crippen LogP contribution in [0.4, 0.5) is 0 Å². The quantitative estimate of drug-likeness (QED) is 0.375. The number of imide groups is 1. The molecule has 0 radical (unpaired) electrons. The summed E-state index contributed by atoms with van der Waals surface area (Å²) in [4.78, 5) is 30.1. The number of nitrogens with zero attached hydrogens (tertiary/aromatic N) is 4. The normalized spacial score (nSPS) is 21.6. The summed E-state index contributed by atoms with van der Waals surface area (Å²) in [5.41, 5.74) is 0.610. The summed E-state index contributed by atoms with van der Waals surface area (Å²) >= 11 is 0. The zero-order chi connectivity index (χ0) is 16.4. The summed E-state index contributed by atoms with van der Waals surface area (Å²) in [5.74, 6) is -0.960. The Bertz CT molecular complexity index is 627. The maximum atomic E-state index is 12.1. The van der Waals surface area contributed by atoms with Crippen LogP contribution in [0.3, 0.4) is 0 Å². The van der Waals surface area contributed by atoms with Crippen LogP contribution >= 0.6 is 0 Å². The van der Waals surface area contributed by atoms with Crippen molar-refractivity contribution in [3.8, 4) is 0 Å². The smallest absolute Gasteiger partial charge is 0.264 e. The molecular weight excluding hydrogens is 304 g/mol. The summed E-state index contributed by atoms with van der Waals surface area (Å²) in [6, 6.07) is 6.45. The zero-order valence-electron chi connectivity index (χ0n) is 12.3. The van der Waals surface area contributed by atoms with Gasteiger partial charge in [0.15, 0.2) is 0 Å². The van der Waals surface area contributed by atoms with Gasteiger partial charge in [-0.2, -0.15) is 0 Å². The predicted octanol–water partition coefficient (Wildman–Crippen LogP) is 0.506. The van der Waals surface area contributed by atoms with Crippen molar-refractivity contribution < 1.29 is 24.5 Å². The van der Waals surface area contributed by atoms with Crippen LogP contribution in [0, 0.1) is 5.21 Å². The van der Waals surface area contributed by atoms with Crippen molar-refractivity contribution in [1.29, 1.82) is 0 Å². The topological polar surface area (TPSA) is 109 Å². The molecule has 1 fully saturated rings. The molecule has 23 heavy (non-hydrogen) atoms. The van der Waals surface area contributed by atoms with E-state index in [1.165, 1.54) is 5.01 Å². The molecule has 0 aliphatic carbocycles. The molecule has 1 atom stereocenters. The Labute approximate surface area is 131 Å². The molecular formula is C14H16N4O5. The van der Waals surface area contributed by atoms with Crippen molar-refractivity contribution in [2.24, 2.45) is 5.28 Å². The molecule has 1 aromatic rings. The molecule has 0 spiro atoms. The van der Waals surface area contributed by atoms with Crippen LogP contribution in [0.1, 0.15) is 33.6 Å². The first-order valence-corrected chi connectivity index (χ1v) is 7.26. The summed E-state index contributed by atoms with van der Waals surface area (Å²) in [7, 11) is 0. The number of carbonyl (C=O) groups excluding carboxylic acids is 2. The van der Waals surface area contributed by atoms with E-state index in [-0.39, 0.29) is 11.5 Å². The molecule has 1 N–H and O–H groups in total. The highest BCUT2D eigenvalue weighted by Crippen LogP contribution is 2.22. The number of hydrazine groups is 1. The Kier molecular flexibility index (Phi) is 4.11. The van der Waals surface area contributed by atoms with Crippen molar-refractivity contribution in [1.82, 2.24) is 9.91 Å². The lowest BCUT2D eigenvalue weighted by atomic mass is 10.1. The van der Waals surface area contributed by atoms with Gasteiger partial charge in [0.05, 0.1) is 28.7 Å². The third-order valence-electron chi connectivity index (χ3n) is 3.81. The number of benzene rings is 1. The van der Waals surface area contributed by atoms with Crippen LogP contribution in [-0.2, 0) is 4.84 Å². The summed E-state index contributed by atoms with van der Waals surface area (Å²) in [6.07, 6.45) is 0.736. The third-order valence-corrected chi connectivity index (χ3v) is 3.81. The molecule has 122 valence electrons. The number of rotatable bonds is 4. The van der Waals surface area contributed by atoms with Crippen LogP contribution in [0.2, 0.25) is 0 Å². The second kappa shape index (κ2) is 6.21. The average molecular weight is 320 g/mol. The molecule has 1 aromatic carbocycles. The van der Waals surface area contributed by atoms with Gasteiger partial charge < -0.3 is 15.2 Å². The molecule has 2 heterocycles. The summed E-state index contributed by atoms with van der Waals surface area (Å²) < 4.78 is 0. The van der Waals surface area contributed by atoms with Gasteiger partial charge in [-0.05, 0) is 25.0 Å². The third kappa shape index (κ3) is 2.95. The van der Waals surface area contributed by atoms with Gasteiger partial charge in [-0.15, -0.1) is 5.01 Å². The Balaban J connectivity index is 1.60. The first-order valence-electron chi connectivity index (χ1n) is 7.26. The fourth-order valence-corrected chi connectivity index (χ4v) is 2.63. The number of amides is 2. The maximum absolute atomic E-state index is 12.1. The van der Waals surface area contributed by atoms with Gasteiger partial charge >= 0.3 is 0 Å². The molecule has 1 unspecified atom stereocenters. The maximum Gasteiger partial charge on any atom is 0.264 e. The van der Waals surface area contributed by atoms with Crippen molar-refractivity contribution >= 4 is 11.8 Å². The Morgan fingerprint density at radius 3 is 2.57 bits per heavy atom. The lowest BCUT2D eigenvalue weighted by Crippen LogP contribution is -2.42. The van der Waals surface area contributed by atoms with Crippen LogP contribution < -0.4 is 0 Å². The number of hydrogen-bond acceptors (Lipinski definition) is 6. The van der Waals surface area contributed by atoms with E-state index in [9.17, 15) is 19.9 Å². The van der Waals surface area contributed by atoms with Crippen LogP contribution in [-0.4, -0.2) is 57.7 Å². The lowest BCUT2D eigenvalue weighted by molar-refractivity contribution is -0.714. The number of carbonyl (C=O) groups is 2. The van der Waals surface area contributed by atoms with E-state index in [1.54, 1.807) is 24.3 Å². The number of aliphatic hydroxyl groups is 1. The molecule has 2 aliphatic heterocycles. The van der Waals surface area contributed by atoms with Gasteiger partial charge in [0.2, 0.25) is 12.0 Å². The van der Waals surface area contributed by atoms with E-state index < -0.39 is 24.6 Å². The van der Waals surface area contributed by atoms with Gasteiger partial charge in [0, 0.05) is 0 Å². The van der Waals surface area contributed by atoms with Crippen LogP contribution in [0.15, 0.2) is 29.5 Å². The Morgan fingerprint density at radius 1 is 1.30 bits per heavy atom. The van der Waals surface area contributed by atoms with Gasteiger partial charge in [-0.1, -0.05) is 12.1 Å². The van der Waals surface area contributed by atoms with Crippen molar-refractivity contribution in [3.05, 3.63) is 40.6 Å². The second-order valence-electron chi connectivity index (χ2n) is 5.39. The minimum atomic E-state index is -0.577. The van der Waals surface area contributed by atoms with Gasteiger partial charge in [-0.25, -0.2) is 4.90 Å². The number of piperidine rings is 1. The van der Waals surface area contributed by atoms with Crippen molar-refractivity contribution in [2.45, 2.75) is 18.9 Å². The largest absolute Gasteiger partial charge is 0.569 e. The highest BCUT2D eigenvalue weighted by Gasteiger charge is 2.35. The van der Waals surface area contributed by atoms with Gasteiger partial charge in [0.25, 0.3) is 11.8 Å². The number of fused-ring (bicyclic) bond motifs is 1. The fourth-order valence-electron chi connectivity index (χ4n) is 2.63. The first-order chi connectivity index (χ1) is 11.1. The van der Waals surface area contributed by atoms with Crippen molar-refractivity contribution in [2.75, 3.05) is 19.8 Å². The molecule has 9 nitrogen and oxygen atoms in total. The zero-order valence-corrected chi connectivity index (χ0v) is 12.3. The molecule has 0 saturated carbocycles. The summed E-state index contributed by atoms with van der Waals surface area (Å²) in [6.45, 7) is 0.186. The molecule has 3 rings (SSSR count). The average Bonchev–Trinajstić information content (AvgIpc) is 2.80. The molecule has 2 aliphatic rings. The fraction of sp³-hybridized carbons (Fsp3) is 0.429. The second-order valence-corrected chi connectivity index (χ2v) is 5.39. The predicted molar refractivity (Wildman–Crippen MR) is 75.8 cm³/mol. The van der Waals surface area contributed by atoms with Crippen LogP contribution in [0.25, 0.3) is 0 Å². The minimum absolute atomic E-state index is 0.170. The molecule has 2 amide bonds. The lowest BCUT2D eigenvalue weighted by Gasteiger charge is -2.25. The first kappa shape index (κ1) is 15.2. The highest BCUT2D eigenvalue weighted by molar-refractivity contribution is 6.21. The number of aliphatic hydroxyl groups excluding tert-OH is 1. The monoisotopic (exact) mass is 320 g/mol.